The van der Waals surface area contributed by atoms with Gasteiger partial charge in [0.05, 0.1) is 11.4 Å². The molecule has 5 rings (SSSR count). The minimum Gasteiger partial charge on any atom is -0.347 e. The highest BCUT2D eigenvalue weighted by Gasteiger charge is 2.34. The van der Waals surface area contributed by atoms with Crippen molar-refractivity contribution in [2.75, 3.05) is 11.4 Å². The average molecular weight is 480 g/mol. The number of anilines is 1. The lowest BCUT2D eigenvalue weighted by Crippen LogP contribution is -2.25. The van der Waals surface area contributed by atoms with Crippen molar-refractivity contribution >= 4 is 33.4 Å². The molecule has 0 spiro atoms. The summed E-state index contributed by atoms with van der Waals surface area (Å²) >= 11 is 3.45. The summed E-state index contributed by atoms with van der Waals surface area (Å²) in [6.45, 7) is 1.16. The number of rotatable bonds is 6. The Kier molecular flexibility index (Phi) is 5.31. The van der Waals surface area contributed by atoms with Gasteiger partial charge in [0.15, 0.2) is 5.69 Å². The van der Waals surface area contributed by atoms with Crippen LogP contribution in [0.2, 0.25) is 0 Å². The van der Waals surface area contributed by atoms with Gasteiger partial charge in [0.25, 0.3) is 5.91 Å². The van der Waals surface area contributed by atoms with Gasteiger partial charge in [-0.05, 0) is 61.2 Å². The highest BCUT2D eigenvalue weighted by Crippen LogP contribution is 2.42. The zero-order valence-corrected chi connectivity index (χ0v) is 18.5. The molecule has 7 nitrogen and oxygen atoms in total. The average Bonchev–Trinajstić information content (AvgIpc) is 3.38. The molecule has 0 radical (unpaired) electrons. The molecule has 0 atom stereocenters. The number of hydrogen-bond acceptors (Lipinski definition) is 4. The van der Waals surface area contributed by atoms with Crippen molar-refractivity contribution in [2.45, 2.75) is 38.1 Å². The summed E-state index contributed by atoms with van der Waals surface area (Å²) in [6, 6.07) is 15.6. The van der Waals surface area contributed by atoms with Crippen LogP contribution < -0.4 is 10.2 Å². The molecule has 2 heterocycles. The molecule has 3 aromatic rings. The third kappa shape index (κ3) is 4.12. The number of benzene rings is 2. The van der Waals surface area contributed by atoms with Crippen molar-refractivity contribution in [1.82, 2.24) is 20.3 Å². The van der Waals surface area contributed by atoms with Crippen molar-refractivity contribution in [2.24, 2.45) is 0 Å². The maximum Gasteiger partial charge on any atom is 0.274 e. The summed E-state index contributed by atoms with van der Waals surface area (Å²) in [7, 11) is 0. The number of carbonyl (C=O) groups excluding carboxylic acids is 2. The summed E-state index contributed by atoms with van der Waals surface area (Å²) in [4.78, 5) is 26.6. The number of nitrogens with zero attached hydrogens (tertiary/aromatic N) is 4. The highest BCUT2D eigenvalue weighted by atomic mass is 79.9. The first-order valence-corrected chi connectivity index (χ1v) is 11.3. The topological polar surface area (TPSA) is 80.1 Å². The van der Waals surface area contributed by atoms with Gasteiger partial charge < -0.3 is 10.2 Å². The van der Waals surface area contributed by atoms with Crippen LogP contribution >= 0.6 is 15.9 Å². The summed E-state index contributed by atoms with van der Waals surface area (Å²) in [5.41, 5.74) is 4.04. The number of carbonyl (C=O) groups is 2. The third-order valence-corrected chi connectivity index (χ3v) is 6.26. The van der Waals surface area contributed by atoms with E-state index in [1.54, 1.807) is 4.68 Å². The molecule has 0 unspecified atom stereocenters. The Labute approximate surface area is 188 Å². The van der Waals surface area contributed by atoms with E-state index in [1.807, 2.05) is 53.4 Å². The number of halogens is 1. The second kappa shape index (κ2) is 8.26. The van der Waals surface area contributed by atoms with Crippen LogP contribution in [0.25, 0.3) is 5.69 Å². The Hall–Kier alpha value is -3.00. The quantitative estimate of drug-likeness (QED) is 0.579. The first-order valence-electron chi connectivity index (χ1n) is 10.5. The van der Waals surface area contributed by atoms with Gasteiger partial charge in [-0.25, -0.2) is 4.68 Å². The van der Waals surface area contributed by atoms with Crippen LogP contribution in [0.15, 0.2) is 53.0 Å². The van der Waals surface area contributed by atoms with Gasteiger partial charge in [0, 0.05) is 35.6 Å². The molecule has 1 aliphatic heterocycles. The molecule has 1 saturated carbocycles. The van der Waals surface area contributed by atoms with E-state index in [2.05, 4.69) is 31.6 Å². The van der Waals surface area contributed by atoms with Gasteiger partial charge in [-0.3, -0.25) is 9.59 Å². The summed E-state index contributed by atoms with van der Waals surface area (Å²) in [5, 5.41) is 11.4. The van der Waals surface area contributed by atoms with Gasteiger partial charge in [0.1, 0.15) is 0 Å². The standard InChI is InChI=1S/C23H22BrN5O2/c24-17-7-11-19(12-8-17)29-22(16-5-6-16)21(26-27-29)23(31)25-14-15-3-9-18(10-4-15)28-13-1-2-20(28)30/h3-4,7-12,16H,1-2,5-6,13-14H2,(H,25,31). The van der Waals surface area contributed by atoms with Crippen molar-refractivity contribution < 1.29 is 9.59 Å². The molecule has 2 aliphatic rings. The Balaban J connectivity index is 1.30. The van der Waals surface area contributed by atoms with Crippen molar-refractivity contribution in [3.8, 4) is 5.69 Å². The highest BCUT2D eigenvalue weighted by molar-refractivity contribution is 9.10. The van der Waals surface area contributed by atoms with E-state index in [0.717, 1.165) is 52.9 Å². The molecular formula is C23H22BrN5O2. The zero-order valence-electron chi connectivity index (χ0n) is 16.9. The maximum absolute atomic E-state index is 12.9. The molecule has 31 heavy (non-hydrogen) atoms. The Morgan fingerprint density at radius 3 is 2.42 bits per heavy atom. The normalized spacial score (nSPS) is 16.0. The fourth-order valence-corrected chi connectivity index (χ4v) is 4.19. The van der Waals surface area contributed by atoms with Crippen LogP contribution in [0, 0.1) is 0 Å². The summed E-state index contributed by atoms with van der Waals surface area (Å²) < 4.78 is 2.77. The maximum atomic E-state index is 12.9. The number of nitrogens with one attached hydrogen (secondary N) is 1. The number of aromatic nitrogens is 3. The van der Waals surface area contributed by atoms with Gasteiger partial charge in [-0.15, -0.1) is 5.10 Å². The van der Waals surface area contributed by atoms with Crippen LogP contribution in [0.4, 0.5) is 5.69 Å². The summed E-state index contributed by atoms with van der Waals surface area (Å²) in [6.07, 6.45) is 3.60. The molecule has 2 fully saturated rings. The minimum atomic E-state index is -0.218. The fraction of sp³-hybridized carbons (Fsp3) is 0.304. The second-order valence-electron chi connectivity index (χ2n) is 7.98. The largest absolute Gasteiger partial charge is 0.347 e. The van der Waals surface area contributed by atoms with Crippen LogP contribution in [-0.4, -0.2) is 33.4 Å². The summed E-state index contributed by atoms with van der Waals surface area (Å²) in [5.74, 6) is 0.267. The second-order valence-corrected chi connectivity index (χ2v) is 8.90. The van der Waals surface area contributed by atoms with Gasteiger partial charge in [-0.2, -0.15) is 0 Å². The van der Waals surface area contributed by atoms with Crippen LogP contribution in [0.1, 0.15) is 53.3 Å². The molecule has 158 valence electrons. The van der Waals surface area contributed by atoms with E-state index in [9.17, 15) is 9.59 Å². The van der Waals surface area contributed by atoms with Crippen molar-refractivity contribution in [3.05, 3.63) is 70.0 Å². The monoisotopic (exact) mass is 479 g/mol. The molecule has 0 bridgehead atoms. The van der Waals surface area contributed by atoms with E-state index in [4.69, 9.17) is 0 Å². The minimum absolute atomic E-state index is 0.169. The number of amides is 2. The molecule has 1 saturated heterocycles. The number of hydrogen-bond donors (Lipinski definition) is 1. The fourth-order valence-electron chi connectivity index (χ4n) is 3.93. The van der Waals surface area contributed by atoms with E-state index in [1.165, 1.54) is 0 Å². The first-order chi connectivity index (χ1) is 15.1. The lowest BCUT2D eigenvalue weighted by Gasteiger charge is -2.16. The van der Waals surface area contributed by atoms with E-state index in [-0.39, 0.29) is 11.8 Å². The lowest BCUT2D eigenvalue weighted by atomic mass is 10.1. The predicted octanol–water partition coefficient (Wildman–Crippen LogP) is 3.96. The Bertz CT molecular complexity index is 1120. The third-order valence-electron chi connectivity index (χ3n) is 5.73. The Morgan fingerprint density at radius 2 is 1.77 bits per heavy atom. The van der Waals surface area contributed by atoms with Crippen LogP contribution in [0.3, 0.4) is 0 Å². The predicted molar refractivity (Wildman–Crippen MR) is 120 cm³/mol. The molecule has 1 aromatic heterocycles. The van der Waals surface area contributed by atoms with Crippen LogP contribution in [-0.2, 0) is 11.3 Å². The smallest absolute Gasteiger partial charge is 0.274 e. The van der Waals surface area contributed by atoms with E-state index < -0.39 is 0 Å². The molecule has 1 N–H and O–H groups in total. The lowest BCUT2D eigenvalue weighted by molar-refractivity contribution is -0.117. The Morgan fingerprint density at radius 1 is 1.06 bits per heavy atom. The van der Waals surface area contributed by atoms with Crippen molar-refractivity contribution in [1.29, 1.82) is 0 Å². The van der Waals surface area contributed by atoms with E-state index in [0.29, 0.717) is 24.6 Å². The van der Waals surface area contributed by atoms with Gasteiger partial charge in [0.2, 0.25) is 5.91 Å². The zero-order chi connectivity index (χ0) is 21.4. The molecule has 1 aliphatic carbocycles. The SMILES string of the molecule is O=C(NCc1ccc(N2CCCC2=O)cc1)c1nnn(-c2ccc(Br)cc2)c1C1CC1. The molecular weight excluding hydrogens is 458 g/mol. The van der Waals surface area contributed by atoms with E-state index >= 15 is 0 Å². The first kappa shape index (κ1) is 19.9. The van der Waals surface area contributed by atoms with Crippen molar-refractivity contribution in [3.63, 3.8) is 0 Å². The molecule has 2 amide bonds. The van der Waals surface area contributed by atoms with Gasteiger partial charge >= 0.3 is 0 Å². The molecule has 2 aromatic carbocycles. The van der Waals surface area contributed by atoms with Crippen LogP contribution in [0.5, 0.6) is 0 Å². The molecule has 8 heteroatoms. The van der Waals surface area contributed by atoms with Gasteiger partial charge in [-0.1, -0.05) is 33.3 Å².